The number of benzene rings is 1. The average molecular weight is 468 g/mol. The van der Waals surface area contributed by atoms with Gasteiger partial charge in [0, 0.05) is 32.6 Å². The Kier molecular flexibility index (Phi) is 7.52. The quantitative estimate of drug-likeness (QED) is 0.515. The van der Waals surface area contributed by atoms with Crippen LogP contribution >= 0.6 is 0 Å². The van der Waals surface area contributed by atoms with Crippen LogP contribution in [0.5, 0.6) is 11.5 Å². The van der Waals surface area contributed by atoms with Gasteiger partial charge in [0.1, 0.15) is 5.82 Å². The number of carbonyl (C=O) groups excluding carboxylic acids is 1. The molecular formula is C25H33N5O4. The summed E-state index contributed by atoms with van der Waals surface area (Å²) in [4.78, 5) is 15.1. The molecule has 4 rings (SSSR count). The Labute approximate surface area is 200 Å². The van der Waals surface area contributed by atoms with Gasteiger partial charge in [0.05, 0.1) is 26.5 Å². The van der Waals surface area contributed by atoms with Crippen LogP contribution in [0.4, 0.5) is 0 Å². The lowest BCUT2D eigenvalue weighted by Crippen LogP contribution is -2.32. The molecule has 0 fully saturated rings. The number of nitrogens with one attached hydrogen (secondary N) is 1. The normalized spacial score (nSPS) is 15.0. The third-order valence-corrected chi connectivity index (χ3v) is 6.07. The van der Waals surface area contributed by atoms with Gasteiger partial charge in [-0.05, 0) is 42.2 Å². The van der Waals surface area contributed by atoms with Crippen molar-refractivity contribution in [2.45, 2.75) is 45.8 Å². The summed E-state index contributed by atoms with van der Waals surface area (Å²) < 4.78 is 18.3. The van der Waals surface area contributed by atoms with Crippen LogP contribution in [-0.2, 0) is 19.5 Å². The number of methoxy groups -OCH3 is 2. The average Bonchev–Trinajstić information content (AvgIpc) is 3.46. The van der Waals surface area contributed by atoms with Crippen LogP contribution in [0.2, 0.25) is 0 Å². The van der Waals surface area contributed by atoms with E-state index in [1.807, 2.05) is 12.1 Å². The standard InChI is InChI=1S/C25H33N5O4/c1-17(2)14-19(26-25(31)21-6-5-13-34-21)24-28-27-23-9-10-29(11-12-30(23)24)16-18-7-8-20(32-3)22(15-18)33-4/h5-8,13,15,17,19H,9-12,14,16H2,1-4H3,(H,26,31). The monoisotopic (exact) mass is 467 g/mol. The van der Waals surface area contributed by atoms with Crippen molar-refractivity contribution in [3.8, 4) is 11.5 Å². The number of nitrogens with zero attached hydrogens (tertiary/aromatic N) is 4. The Bertz CT molecular complexity index is 1090. The number of aromatic nitrogens is 3. The van der Waals surface area contributed by atoms with Crippen molar-refractivity contribution in [2.75, 3.05) is 27.3 Å². The topological polar surface area (TPSA) is 94.6 Å². The Morgan fingerprint density at radius 3 is 2.65 bits per heavy atom. The van der Waals surface area contributed by atoms with E-state index in [0.717, 1.165) is 62.2 Å². The van der Waals surface area contributed by atoms with Crippen LogP contribution in [0, 0.1) is 5.92 Å². The lowest BCUT2D eigenvalue weighted by atomic mass is 10.0. The summed E-state index contributed by atoms with van der Waals surface area (Å²) in [5, 5.41) is 12.1. The highest BCUT2D eigenvalue weighted by Gasteiger charge is 2.27. The minimum Gasteiger partial charge on any atom is -0.493 e. The summed E-state index contributed by atoms with van der Waals surface area (Å²) in [5.74, 6) is 3.65. The lowest BCUT2D eigenvalue weighted by molar-refractivity contribution is 0.0900. The highest BCUT2D eigenvalue weighted by Crippen LogP contribution is 2.28. The Morgan fingerprint density at radius 2 is 1.94 bits per heavy atom. The van der Waals surface area contributed by atoms with Crippen LogP contribution in [-0.4, -0.2) is 52.9 Å². The summed E-state index contributed by atoms with van der Waals surface area (Å²) in [5.41, 5.74) is 1.17. The van der Waals surface area contributed by atoms with Crippen molar-refractivity contribution < 1.29 is 18.7 Å². The molecule has 34 heavy (non-hydrogen) atoms. The predicted octanol–water partition coefficient (Wildman–Crippen LogP) is 3.46. The van der Waals surface area contributed by atoms with Crippen molar-refractivity contribution >= 4 is 5.91 Å². The number of furan rings is 1. The molecule has 1 amide bonds. The zero-order valence-electron chi connectivity index (χ0n) is 20.3. The predicted molar refractivity (Wildman–Crippen MR) is 127 cm³/mol. The highest BCUT2D eigenvalue weighted by molar-refractivity contribution is 5.91. The van der Waals surface area contributed by atoms with Gasteiger partial charge >= 0.3 is 0 Å². The molecule has 9 heteroatoms. The first-order valence-corrected chi connectivity index (χ1v) is 11.7. The molecule has 1 N–H and O–H groups in total. The first-order chi connectivity index (χ1) is 16.5. The van der Waals surface area contributed by atoms with E-state index < -0.39 is 0 Å². The second kappa shape index (κ2) is 10.7. The molecule has 0 radical (unpaired) electrons. The molecule has 2 aromatic heterocycles. The van der Waals surface area contributed by atoms with Gasteiger partial charge < -0.3 is 23.8 Å². The van der Waals surface area contributed by atoms with E-state index in [1.54, 1.807) is 26.4 Å². The van der Waals surface area contributed by atoms with Gasteiger partial charge in [-0.1, -0.05) is 19.9 Å². The molecule has 0 saturated carbocycles. The van der Waals surface area contributed by atoms with Crippen molar-refractivity contribution in [2.24, 2.45) is 5.92 Å². The van der Waals surface area contributed by atoms with E-state index in [4.69, 9.17) is 13.9 Å². The van der Waals surface area contributed by atoms with Gasteiger partial charge in [-0.25, -0.2) is 0 Å². The molecule has 1 aliphatic heterocycles. The van der Waals surface area contributed by atoms with E-state index in [9.17, 15) is 4.79 Å². The number of hydrogen-bond acceptors (Lipinski definition) is 7. The number of carbonyl (C=O) groups is 1. The first kappa shape index (κ1) is 23.8. The molecule has 1 aromatic carbocycles. The van der Waals surface area contributed by atoms with E-state index in [-0.39, 0.29) is 11.9 Å². The summed E-state index contributed by atoms with van der Waals surface area (Å²) in [6.07, 6.45) is 3.06. The highest BCUT2D eigenvalue weighted by atomic mass is 16.5. The number of ether oxygens (including phenoxy) is 2. The van der Waals surface area contributed by atoms with Gasteiger partial charge in [-0.3, -0.25) is 9.69 Å². The molecule has 3 aromatic rings. The molecule has 1 atom stereocenters. The van der Waals surface area contributed by atoms with Crippen LogP contribution in [0.1, 0.15) is 54.1 Å². The molecule has 3 heterocycles. The molecule has 1 unspecified atom stereocenters. The zero-order chi connectivity index (χ0) is 24.1. The molecule has 0 bridgehead atoms. The fraction of sp³-hybridized carbons (Fsp3) is 0.480. The number of amides is 1. The molecule has 0 spiro atoms. The third kappa shape index (κ3) is 5.41. The van der Waals surface area contributed by atoms with Gasteiger partial charge in [-0.2, -0.15) is 0 Å². The smallest absolute Gasteiger partial charge is 0.287 e. The van der Waals surface area contributed by atoms with E-state index >= 15 is 0 Å². The third-order valence-electron chi connectivity index (χ3n) is 6.07. The molecule has 1 aliphatic rings. The largest absolute Gasteiger partial charge is 0.493 e. The molecule has 9 nitrogen and oxygen atoms in total. The molecule has 0 aliphatic carbocycles. The fourth-order valence-corrected chi connectivity index (χ4v) is 4.38. The van der Waals surface area contributed by atoms with Gasteiger partial charge in [0.25, 0.3) is 5.91 Å². The number of rotatable bonds is 9. The van der Waals surface area contributed by atoms with E-state index in [2.05, 4.69) is 44.9 Å². The van der Waals surface area contributed by atoms with Crippen LogP contribution in [0.3, 0.4) is 0 Å². The van der Waals surface area contributed by atoms with Crippen LogP contribution in [0.25, 0.3) is 0 Å². The van der Waals surface area contributed by atoms with E-state index in [0.29, 0.717) is 11.7 Å². The first-order valence-electron chi connectivity index (χ1n) is 11.7. The maximum absolute atomic E-state index is 12.7. The summed E-state index contributed by atoms with van der Waals surface area (Å²) >= 11 is 0. The Balaban J connectivity index is 1.48. The molecular weight excluding hydrogens is 434 g/mol. The van der Waals surface area contributed by atoms with Gasteiger partial charge in [-0.15, -0.1) is 10.2 Å². The van der Waals surface area contributed by atoms with Crippen LogP contribution < -0.4 is 14.8 Å². The minimum atomic E-state index is -0.240. The second-order valence-electron chi connectivity index (χ2n) is 8.97. The van der Waals surface area contributed by atoms with Crippen molar-refractivity contribution in [1.82, 2.24) is 25.0 Å². The second-order valence-corrected chi connectivity index (χ2v) is 8.97. The SMILES string of the molecule is COc1ccc(CN2CCc3nnc(C(CC(C)C)NC(=O)c4ccco4)n3CC2)cc1OC. The Hall–Kier alpha value is -3.33. The lowest BCUT2D eigenvalue weighted by Gasteiger charge is -2.22. The van der Waals surface area contributed by atoms with E-state index in [1.165, 1.54) is 11.8 Å². The number of fused-ring (bicyclic) bond motifs is 1. The Morgan fingerprint density at radius 1 is 1.12 bits per heavy atom. The van der Waals surface area contributed by atoms with Gasteiger partial charge in [0.15, 0.2) is 23.1 Å². The summed E-state index contributed by atoms with van der Waals surface area (Å²) in [7, 11) is 3.29. The maximum Gasteiger partial charge on any atom is 0.287 e. The molecule has 182 valence electrons. The molecule has 0 saturated heterocycles. The minimum absolute atomic E-state index is 0.239. The van der Waals surface area contributed by atoms with Crippen molar-refractivity contribution in [3.05, 3.63) is 59.6 Å². The van der Waals surface area contributed by atoms with Crippen molar-refractivity contribution in [1.29, 1.82) is 0 Å². The van der Waals surface area contributed by atoms with Crippen molar-refractivity contribution in [3.63, 3.8) is 0 Å². The zero-order valence-corrected chi connectivity index (χ0v) is 20.3. The summed E-state index contributed by atoms with van der Waals surface area (Å²) in [6, 6.07) is 9.17. The fourth-order valence-electron chi connectivity index (χ4n) is 4.38. The van der Waals surface area contributed by atoms with Gasteiger partial charge in [0.2, 0.25) is 0 Å². The van der Waals surface area contributed by atoms with Crippen LogP contribution in [0.15, 0.2) is 41.0 Å². The number of hydrogen-bond donors (Lipinski definition) is 1. The maximum atomic E-state index is 12.7. The summed E-state index contributed by atoms with van der Waals surface area (Å²) in [6.45, 7) is 7.56.